The highest BCUT2D eigenvalue weighted by molar-refractivity contribution is 7.92. The van der Waals surface area contributed by atoms with Crippen molar-refractivity contribution in [2.24, 2.45) is 5.92 Å². The van der Waals surface area contributed by atoms with Gasteiger partial charge in [-0.3, -0.25) is 13.9 Å². The molecule has 7 heteroatoms. The Morgan fingerprint density at radius 2 is 1.91 bits per heavy atom. The second-order valence-corrected chi connectivity index (χ2v) is 7.80. The molecule has 0 atom stereocenters. The number of carbonyl (C=O) groups excluding carboxylic acids is 2. The topological polar surface area (TPSA) is 83.6 Å². The molecule has 1 N–H and O–H groups in total. The van der Waals surface area contributed by atoms with Crippen molar-refractivity contribution >= 4 is 27.4 Å². The largest absolute Gasteiger partial charge is 0.354 e. The number of sulfonamides is 1. The summed E-state index contributed by atoms with van der Waals surface area (Å²) in [5.74, 6) is 0.00438. The smallest absolute Gasteiger partial charge is 0.232 e. The molecular formula is C16H24N2O4S. The Kier molecular flexibility index (Phi) is 6.75. The minimum Gasteiger partial charge on any atom is -0.354 e. The molecule has 1 rings (SSSR count). The average molecular weight is 340 g/mol. The summed E-state index contributed by atoms with van der Waals surface area (Å²) in [6, 6.07) is 6.45. The number of nitrogens with one attached hydrogen (secondary N) is 1. The Morgan fingerprint density at radius 3 is 2.43 bits per heavy atom. The highest BCUT2D eigenvalue weighted by atomic mass is 32.2. The van der Waals surface area contributed by atoms with Crippen LogP contribution < -0.4 is 9.62 Å². The summed E-state index contributed by atoms with van der Waals surface area (Å²) in [5, 5.41) is 2.71. The van der Waals surface area contributed by atoms with E-state index in [9.17, 15) is 18.0 Å². The quantitative estimate of drug-likeness (QED) is 0.732. The predicted molar refractivity (Wildman–Crippen MR) is 91.1 cm³/mol. The minimum absolute atomic E-state index is 0.106. The molecule has 0 aliphatic heterocycles. The van der Waals surface area contributed by atoms with E-state index in [1.807, 2.05) is 13.8 Å². The molecule has 6 nitrogen and oxygen atoms in total. The van der Waals surface area contributed by atoms with Crippen LogP contribution in [0.2, 0.25) is 0 Å². The first-order valence-electron chi connectivity index (χ1n) is 7.46. The highest BCUT2D eigenvalue weighted by Crippen LogP contribution is 2.19. The number of ketones is 1. The number of amides is 1. The van der Waals surface area contributed by atoms with E-state index >= 15 is 0 Å². The Hall–Kier alpha value is -1.89. The Bertz CT molecular complexity index is 668. The van der Waals surface area contributed by atoms with Gasteiger partial charge in [0.25, 0.3) is 0 Å². The van der Waals surface area contributed by atoms with Crippen LogP contribution in [0.3, 0.4) is 0 Å². The van der Waals surface area contributed by atoms with Gasteiger partial charge >= 0.3 is 0 Å². The summed E-state index contributed by atoms with van der Waals surface area (Å²) in [6.45, 7) is 5.63. The van der Waals surface area contributed by atoms with Gasteiger partial charge in [-0.25, -0.2) is 8.42 Å². The maximum atomic E-state index is 12.0. The number of hydrogen-bond acceptors (Lipinski definition) is 4. The van der Waals surface area contributed by atoms with Gasteiger partial charge in [0.1, 0.15) is 0 Å². The zero-order valence-electron chi connectivity index (χ0n) is 14.0. The fourth-order valence-electron chi connectivity index (χ4n) is 2.11. The van der Waals surface area contributed by atoms with Crippen LogP contribution in [0.25, 0.3) is 0 Å². The first-order valence-corrected chi connectivity index (χ1v) is 9.31. The van der Waals surface area contributed by atoms with E-state index in [1.54, 1.807) is 24.3 Å². The minimum atomic E-state index is -3.51. The number of nitrogens with zero attached hydrogens (tertiary/aromatic N) is 1. The van der Waals surface area contributed by atoms with E-state index < -0.39 is 10.0 Å². The molecular weight excluding hydrogens is 316 g/mol. The maximum absolute atomic E-state index is 12.0. The van der Waals surface area contributed by atoms with Crippen molar-refractivity contribution in [3.63, 3.8) is 0 Å². The monoisotopic (exact) mass is 340 g/mol. The molecule has 0 radical (unpaired) electrons. The summed E-state index contributed by atoms with van der Waals surface area (Å²) >= 11 is 0. The Morgan fingerprint density at radius 1 is 1.26 bits per heavy atom. The van der Waals surface area contributed by atoms with E-state index in [2.05, 4.69) is 5.32 Å². The van der Waals surface area contributed by atoms with Crippen LogP contribution in [0.15, 0.2) is 24.3 Å². The molecule has 0 unspecified atom stereocenters. The van der Waals surface area contributed by atoms with E-state index in [0.29, 0.717) is 17.7 Å². The molecule has 1 aromatic rings. The number of hydrogen-bond donors (Lipinski definition) is 1. The fourth-order valence-corrected chi connectivity index (χ4v) is 3.03. The molecule has 0 aromatic heterocycles. The van der Waals surface area contributed by atoms with E-state index in [-0.39, 0.29) is 30.7 Å². The van der Waals surface area contributed by atoms with Gasteiger partial charge in [0, 0.05) is 18.5 Å². The van der Waals surface area contributed by atoms with Crippen LogP contribution in [0.5, 0.6) is 0 Å². The standard InChI is InChI=1S/C16H24N2O4S/c1-12(2)10-16(20)17-8-9-18(23(4,21)22)15-7-5-6-14(11-15)13(3)19/h5-7,11-12H,8-10H2,1-4H3,(H,17,20). The van der Waals surface area contributed by atoms with Crippen molar-refractivity contribution in [3.8, 4) is 0 Å². The molecule has 0 aliphatic carbocycles. The van der Waals surface area contributed by atoms with Crippen molar-refractivity contribution in [2.45, 2.75) is 27.2 Å². The lowest BCUT2D eigenvalue weighted by molar-refractivity contribution is -0.121. The van der Waals surface area contributed by atoms with Crippen molar-refractivity contribution < 1.29 is 18.0 Å². The van der Waals surface area contributed by atoms with Gasteiger partial charge in [0.15, 0.2) is 5.78 Å². The Labute approximate surface area is 137 Å². The molecule has 23 heavy (non-hydrogen) atoms. The summed E-state index contributed by atoms with van der Waals surface area (Å²) in [6.07, 6.45) is 1.50. The third-order valence-corrected chi connectivity index (χ3v) is 4.37. The van der Waals surface area contributed by atoms with Crippen molar-refractivity contribution in [3.05, 3.63) is 29.8 Å². The molecule has 0 saturated carbocycles. The SMILES string of the molecule is CC(=O)c1cccc(N(CCNC(=O)CC(C)C)S(C)(=O)=O)c1. The first kappa shape index (κ1) is 19.2. The second kappa shape index (κ2) is 8.10. The van der Waals surface area contributed by atoms with Gasteiger partial charge in [0.05, 0.1) is 18.5 Å². The molecule has 1 amide bonds. The zero-order valence-corrected chi connectivity index (χ0v) is 14.8. The first-order chi connectivity index (χ1) is 10.6. The molecule has 0 spiro atoms. The molecule has 0 saturated heterocycles. The second-order valence-electron chi connectivity index (χ2n) is 5.89. The van der Waals surface area contributed by atoms with Gasteiger partial charge in [-0.05, 0) is 25.0 Å². The summed E-state index contributed by atoms with van der Waals surface area (Å²) < 4.78 is 25.2. The van der Waals surface area contributed by atoms with Crippen molar-refractivity contribution in [2.75, 3.05) is 23.7 Å². The van der Waals surface area contributed by atoms with Crippen molar-refractivity contribution in [1.82, 2.24) is 5.32 Å². The number of carbonyl (C=O) groups is 2. The number of anilines is 1. The number of benzene rings is 1. The van der Waals surface area contributed by atoms with Gasteiger partial charge in [-0.2, -0.15) is 0 Å². The summed E-state index contributed by atoms with van der Waals surface area (Å²) in [5.41, 5.74) is 0.860. The predicted octanol–water partition coefficient (Wildman–Crippen LogP) is 1.82. The van der Waals surface area contributed by atoms with Crippen molar-refractivity contribution in [1.29, 1.82) is 0 Å². The number of rotatable bonds is 8. The van der Waals surface area contributed by atoms with Gasteiger partial charge in [0.2, 0.25) is 15.9 Å². The Balaban J connectivity index is 2.85. The third kappa shape index (κ3) is 6.40. The van der Waals surface area contributed by atoms with Crippen LogP contribution in [-0.4, -0.2) is 39.5 Å². The summed E-state index contributed by atoms with van der Waals surface area (Å²) in [7, 11) is -3.51. The zero-order chi connectivity index (χ0) is 17.6. The fraction of sp³-hybridized carbons (Fsp3) is 0.500. The average Bonchev–Trinajstić information content (AvgIpc) is 2.41. The van der Waals surface area contributed by atoms with Gasteiger partial charge in [-0.15, -0.1) is 0 Å². The van der Waals surface area contributed by atoms with Gasteiger partial charge < -0.3 is 5.32 Å². The van der Waals surface area contributed by atoms with Crippen LogP contribution in [0.1, 0.15) is 37.6 Å². The molecule has 1 aromatic carbocycles. The number of Topliss-reactive ketones (excluding diaryl/α,β-unsaturated/α-hetero) is 1. The third-order valence-electron chi connectivity index (χ3n) is 3.17. The molecule has 0 bridgehead atoms. The molecule has 128 valence electrons. The normalized spacial score (nSPS) is 11.3. The lowest BCUT2D eigenvalue weighted by atomic mass is 10.1. The lowest BCUT2D eigenvalue weighted by Gasteiger charge is -2.23. The molecule has 0 fully saturated rings. The van der Waals surface area contributed by atoms with Crippen LogP contribution in [0.4, 0.5) is 5.69 Å². The van der Waals surface area contributed by atoms with Crippen LogP contribution in [0, 0.1) is 5.92 Å². The van der Waals surface area contributed by atoms with E-state index in [1.165, 1.54) is 11.2 Å². The summed E-state index contributed by atoms with van der Waals surface area (Å²) in [4.78, 5) is 23.1. The van der Waals surface area contributed by atoms with Crippen LogP contribution >= 0.6 is 0 Å². The van der Waals surface area contributed by atoms with Gasteiger partial charge in [-0.1, -0.05) is 26.0 Å². The van der Waals surface area contributed by atoms with E-state index in [4.69, 9.17) is 0 Å². The highest BCUT2D eigenvalue weighted by Gasteiger charge is 2.18. The molecule has 0 heterocycles. The van der Waals surface area contributed by atoms with Crippen LogP contribution in [-0.2, 0) is 14.8 Å². The molecule has 0 aliphatic rings. The maximum Gasteiger partial charge on any atom is 0.232 e. The van der Waals surface area contributed by atoms with E-state index in [0.717, 1.165) is 6.26 Å². The lowest BCUT2D eigenvalue weighted by Crippen LogP contribution is -2.38.